The predicted octanol–water partition coefficient (Wildman–Crippen LogP) is 2.25. The van der Waals surface area contributed by atoms with Crippen LogP contribution in [0.3, 0.4) is 0 Å². The monoisotopic (exact) mass is 210 g/mol. The fourth-order valence-electron chi connectivity index (χ4n) is 2.71. The summed E-state index contributed by atoms with van der Waals surface area (Å²) in [6.45, 7) is 8.45. The number of hydrogen-bond donors (Lipinski definition) is 1. The molecule has 15 heavy (non-hydrogen) atoms. The molecule has 0 amide bonds. The van der Waals surface area contributed by atoms with Crippen molar-refractivity contribution in [1.82, 2.24) is 10.2 Å². The van der Waals surface area contributed by atoms with Crippen LogP contribution in [-0.4, -0.2) is 36.6 Å². The molecule has 0 spiro atoms. The third-order valence-electron chi connectivity index (χ3n) is 3.58. The van der Waals surface area contributed by atoms with E-state index in [9.17, 15) is 0 Å². The molecular weight excluding hydrogens is 184 g/mol. The van der Waals surface area contributed by atoms with Gasteiger partial charge < -0.3 is 5.32 Å². The molecule has 1 saturated heterocycles. The molecule has 2 heteroatoms. The smallest absolute Gasteiger partial charge is 0.0223 e. The van der Waals surface area contributed by atoms with Gasteiger partial charge in [0.1, 0.15) is 0 Å². The Labute approximate surface area is 94.4 Å². The van der Waals surface area contributed by atoms with E-state index >= 15 is 0 Å². The van der Waals surface area contributed by atoms with Gasteiger partial charge in [-0.25, -0.2) is 0 Å². The van der Waals surface area contributed by atoms with Crippen molar-refractivity contribution in [3.8, 4) is 0 Å². The lowest BCUT2D eigenvalue weighted by atomic mass is 10.1. The minimum absolute atomic E-state index is 0.814. The molecular formula is C13H26N2. The average molecular weight is 210 g/mol. The molecule has 88 valence electrons. The fraction of sp³-hybridized carbons (Fsp3) is 1.00. The first-order valence-electron chi connectivity index (χ1n) is 6.74. The third-order valence-corrected chi connectivity index (χ3v) is 3.58. The normalized spacial score (nSPS) is 28.4. The first-order chi connectivity index (χ1) is 7.27. The van der Waals surface area contributed by atoms with Crippen LogP contribution in [0.5, 0.6) is 0 Å². The van der Waals surface area contributed by atoms with Crippen LogP contribution in [-0.2, 0) is 0 Å². The van der Waals surface area contributed by atoms with Crippen molar-refractivity contribution in [1.29, 1.82) is 0 Å². The summed E-state index contributed by atoms with van der Waals surface area (Å²) in [4.78, 5) is 2.79. The van der Waals surface area contributed by atoms with Gasteiger partial charge >= 0.3 is 0 Å². The SMILES string of the molecule is CC(C)CN(C1CC1)C1CCCCNC1. The zero-order valence-electron chi connectivity index (χ0n) is 10.3. The average Bonchev–Trinajstić information content (AvgIpc) is 3.02. The van der Waals surface area contributed by atoms with Crippen molar-refractivity contribution in [2.75, 3.05) is 19.6 Å². The highest BCUT2D eigenvalue weighted by atomic mass is 15.2. The summed E-state index contributed by atoms with van der Waals surface area (Å²) in [5, 5.41) is 3.59. The third kappa shape index (κ3) is 3.46. The fourth-order valence-corrected chi connectivity index (χ4v) is 2.71. The first kappa shape index (κ1) is 11.4. The van der Waals surface area contributed by atoms with Crippen LogP contribution in [0.2, 0.25) is 0 Å². The van der Waals surface area contributed by atoms with E-state index in [1.807, 2.05) is 0 Å². The molecule has 1 atom stereocenters. The van der Waals surface area contributed by atoms with Gasteiger partial charge in [-0.2, -0.15) is 0 Å². The summed E-state index contributed by atoms with van der Waals surface area (Å²) < 4.78 is 0. The van der Waals surface area contributed by atoms with E-state index in [0.29, 0.717) is 0 Å². The molecule has 0 aromatic rings. The predicted molar refractivity (Wildman–Crippen MR) is 65.1 cm³/mol. The van der Waals surface area contributed by atoms with Crippen LogP contribution in [0.1, 0.15) is 46.0 Å². The standard InChI is InChI=1S/C13H26N2/c1-11(2)10-15(12-6-7-12)13-5-3-4-8-14-9-13/h11-14H,3-10H2,1-2H3. The lowest BCUT2D eigenvalue weighted by Gasteiger charge is -2.32. The van der Waals surface area contributed by atoms with Gasteiger partial charge in [-0.15, -0.1) is 0 Å². The maximum absolute atomic E-state index is 3.59. The maximum Gasteiger partial charge on any atom is 0.0223 e. The zero-order valence-corrected chi connectivity index (χ0v) is 10.3. The van der Waals surface area contributed by atoms with E-state index in [1.165, 1.54) is 51.7 Å². The second-order valence-electron chi connectivity index (χ2n) is 5.68. The Kier molecular flexibility index (Phi) is 4.04. The highest BCUT2D eigenvalue weighted by molar-refractivity contribution is 4.90. The summed E-state index contributed by atoms with van der Waals surface area (Å²) in [7, 11) is 0. The number of hydrogen-bond acceptors (Lipinski definition) is 2. The van der Waals surface area contributed by atoms with Gasteiger partial charge in [-0.05, 0) is 38.1 Å². The summed E-state index contributed by atoms with van der Waals surface area (Å²) in [6, 6.07) is 1.75. The Morgan fingerprint density at radius 3 is 2.60 bits per heavy atom. The van der Waals surface area contributed by atoms with Gasteiger partial charge in [0.15, 0.2) is 0 Å². The highest BCUT2D eigenvalue weighted by Crippen LogP contribution is 2.30. The van der Waals surface area contributed by atoms with Crippen molar-refractivity contribution in [2.45, 2.75) is 58.0 Å². The van der Waals surface area contributed by atoms with Gasteiger partial charge in [0, 0.05) is 25.2 Å². The van der Waals surface area contributed by atoms with Crippen LogP contribution < -0.4 is 5.32 Å². The zero-order chi connectivity index (χ0) is 10.7. The van der Waals surface area contributed by atoms with E-state index < -0.39 is 0 Å². The van der Waals surface area contributed by atoms with Crippen molar-refractivity contribution >= 4 is 0 Å². The summed E-state index contributed by atoms with van der Waals surface area (Å²) in [5.74, 6) is 0.814. The molecule has 1 unspecified atom stereocenters. The highest BCUT2D eigenvalue weighted by Gasteiger charge is 2.34. The number of rotatable bonds is 4. The molecule has 1 aliphatic carbocycles. The minimum atomic E-state index is 0.814. The minimum Gasteiger partial charge on any atom is -0.315 e. The lowest BCUT2D eigenvalue weighted by Crippen LogP contribution is -2.44. The Bertz CT molecular complexity index is 179. The Morgan fingerprint density at radius 2 is 1.93 bits per heavy atom. The van der Waals surface area contributed by atoms with E-state index in [-0.39, 0.29) is 0 Å². The van der Waals surface area contributed by atoms with Crippen molar-refractivity contribution < 1.29 is 0 Å². The molecule has 2 aliphatic rings. The quantitative estimate of drug-likeness (QED) is 0.765. The van der Waals surface area contributed by atoms with E-state index in [2.05, 4.69) is 24.1 Å². The van der Waals surface area contributed by atoms with Crippen molar-refractivity contribution in [2.24, 2.45) is 5.92 Å². The van der Waals surface area contributed by atoms with Gasteiger partial charge in [-0.3, -0.25) is 4.90 Å². The lowest BCUT2D eigenvalue weighted by molar-refractivity contribution is 0.158. The number of nitrogens with one attached hydrogen (secondary N) is 1. The van der Waals surface area contributed by atoms with Gasteiger partial charge in [0.2, 0.25) is 0 Å². The number of nitrogens with zero attached hydrogens (tertiary/aromatic N) is 1. The van der Waals surface area contributed by atoms with Crippen LogP contribution in [0.4, 0.5) is 0 Å². The Hall–Kier alpha value is -0.0800. The topological polar surface area (TPSA) is 15.3 Å². The molecule has 1 N–H and O–H groups in total. The molecule has 0 radical (unpaired) electrons. The van der Waals surface area contributed by atoms with Crippen molar-refractivity contribution in [3.05, 3.63) is 0 Å². The van der Waals surface area contributed by atoms with E-state index in [0.717, 1.165) is 18.0 Å². The molecule has 1 heterocycles. The summed E-state index contributed by atoms with van der Waals surface area (Å²) >= 11 is 0. The first-order valence-corrected chi connectivity index (χ1v) is 6.74. The van der Waals surface area contributed by atoms with Gasteiger partial charge in [-0.1, -0.05) is 20.3 Å². The van der Waals surface area contributed by atoms with Crippen LogP contribution in [0.15, 0.2) is 0 Å². The summed E-state index contributed by atoms with van der Waals surface area (Å²) in [5.41, 5.74) is 0. The maximum atomic E-state index is 3.59. The van der Waals surface area contributed by atoms with Crippen LogP contribution in [0, 0.1) is 5.92 Å². The molecule has 2 rings (SSSR count). The molecule has 2 nitrogen and oxygen atoms in total. The molecule has 0 aromatic heterocycles. The molecule has 0 aromatic carbocycles. The molecule has 1 aliphatic heterocycles. The Morgan fingerprint density at radius 1 is 1.13 bits per heavy atom. The van der Waals surface area contributed by atoms with Crippen LogP contribution in [0.25, 0.3) is 0 Å². The van der Waals surface area contributed by atoms with Gasteiger partial charge in [0.25, 0.3) is 0 Å². The Balaban J connectivity index is 1.89. The van der Waals surface area contributed by atoms with Gasteiger partial charge in [0.05, 0.1) is 0 Å². The van der Waals surface area contributed by atoms with E-state index in [4.69, 9.17) is 0 Å². The molecule has 0 bridgehead atoms. The van der Waals surface area contributed by atoms with Crippen molar-refractivity contribution in [3.63, 3.8) is 0 Å². The molecule has 1 saturated carbocycles. The molecule has 2 fully saturated rings. The van der Waals surface area contributed by atoms with E-state index in [1.54, 1.807) is 0 Å². The van der Waals surface area contributed by atoms with Crippen LogP contribution >= 0.6 is 0 Å². The largest absolute Gasteiger partial charge is 0.315 e. The second kappa shape index (κ2) is 5.31. The second-order valence-corrected chi connectivity index (χ2v) is 5.68. The summed E-state index contributed by atoms with van der Waals surface area (Å²) in [6.07, 6.45) is 7.10.